The Kier molecular flexibility index (Phi) is 2.61. The molecule has 3 heterocycles. The Morgan fingerprint density at radius 2 is 1.84 bits per heavy atom. The standard InChI is InChI=1S/C14H21N2O3/c1-7-6-14(3)11(15(4)8(7)2)9-10(19-14)13(18)16(5)12(9)17/h6-11H,1-5H3. The van der Waals surface area contributed by atoms with Crippen LogP contribution in [-0.2, 0) is 14.3 Å². The van der Waals surface area contributed by atoms with Crippen molar-refractivity contribution in [2.75, 3.05) is 14.1 Å². The number of hydrogen-bond donors (Lipinski definition) is 0. The van der Waals surface area contributed by atoms with E-state index in [4.69, 9.17) is 4.74 Å². The maximum Gasteiger partial charge on any atom is 0.258 e. The highest BCUT2D eigenvalue weighted by Crippen LogP contribution is 2.49. The third-order valence-corrected chi connectivity index (χ3v) is 5.26. The predicted octanol–water partition coefficient (Wildman–Crippen LogP) is 0.302. The first kappa shape index (κ1) is 13.1. The van der Waals surface area contributed by atoms with Gasteiger partial charge in [-0.05, 0) is 33.2 Å². The first-order valence-corrected chi connectivity index (χ1v) is 6.85. The second-order valence-electron chi connectivity index (χ2n) is 6.36. The first-order chi connectivity index (χ1) is 8.78. The monoisotopic (exact) mass is 265 g/mol. The van der Waals surface area contributed by atoms with E-state index >= 15 is 0 Å². The SMILES string of the molecule is CC1[CH]C2(C)OC3C(=O)N(C)C(=O)C3C2N(C)C1C. The van der Waals surface area contributed by atoms with Crippen LogP contribution in [-0.4, -0.2) is 59.5 Å². The third kappa shape index (κ3) is 1.48. The van der Waals surface area contributed by atoms with Gasteiger partial charge in [0.05, 0.1) is 17.6 Å². The van der Waals surface area contributed by atoms with Crippen molar-refractivity contribution < 1.29 is 14.3 Å². The van der Waals surface area contributed by atoms with E-state index < -0.39 is 11.7 Å². The van der Waals surface area contributed by atoms with Crippen LogP contribution >= 0.6 is 0 Å². The molecule has 0 bridgehead atoms. The molecule has 2 amide bonds. The Bertz CT molecular complexity index is 452. The Morgan fingerprint density at radius 3 is 2.47 bits per heavy atom. The number of hydrogen-bond acceptors (Lipinski definition) is 4. The molecule has 3 fully saturated rings. The van der Waals surface area contributed by atoms with E-state index in [2.05, 4.69) is 25.2 Å². The van der Waals surface area contributed by atoms with Gasteiger partial charge in [0.25, 0.3) is 5.91 Å². The highest BCUT2D eigenvalue weighted by Gasteiger charge is 2.66. The molecule has 5 nitrogen and oxygen atoms in total. The van der Waals surface area contributed by atoms with E-state index in [0.717, 1.165) is 0 Å². The highest BCUT2D eigenvalue weighted by atomic mass is 16.5. The average molecular weight is 265 g/mol. The smallest absolute Gasteiger partial charge is 0.258 e. The summed E-state index contributed by atoms with van der Waals surface area (Å²) in [6.07, 6.45) is 1.56. The number of amides is 2. The van der Waals surface area contributed by atoms with E-state index in [1.54, 1.807) is 7.05 Å². The fourth-order valence-electron chi connectivity index (χ4n) is 4.01. The van der Waals surface area contributed by atoms with Gasteiger partial charge in [-0.25, -0.2) is 0 Å². The number of nitrogens with zero attached hydrogens (tertiary/aromatic N) is 2. The molecule has 0 N–H and O–H groups in total. The molecule has 0 saturated carbocycles. The van der Waals surface area contributed by atoms with E-state index in [1.165, 1.54) is 4.90 Å². The van der Waals surface area contributed by atoms with Gasteiger partial charge < -0.3 is 4.74 Å². The summed E-state index contributed by atoms with van der Waals surface area (Å²) < 4.78 is 6.01. The zero-order chi connectivity index (χ0) is 14.1. The van der Waals surface area contributed by atoms with Crippen LogP contribution in [0, 0.1) is 18.3 Å². The molecule has 5 heteroatoms. The van der Waals surface area contributed by atoms with Gasteiger partial charge in [-0.3, -0.25) is 19.4 Å². The second-order valence-corrected chi connectivity index (χ2v) is 6.36. The molecule has 0 spiro atoms. The number of rotatable bonds is 0. The van der Waals surface area contributed by atoms with Crippen LogP contribution in [0.4, 0.5) is 0 Å². The minimum Gasteiger partial charge on any atom is -0.359 e. The molecule has 0 aromatic carbocycles. The quantitative estimate of drug-likeness (QED) is 0.591. The molecule has 105 valence electrons. The van der Waals surface area contributed by atoms with Gasteiger partial charge >= 0.3 is 0 Å². The average Bonchev–Trinajstić information content (AvgIpc) is 2.75. The number of ether oxygens (including phenoxy) is 1. The van der Waals surface area contributed by atoms with Crippen molar-refractivity contribution in [2.45, 2.75) is 44.6 Å². The molecule has 3 aliphatic heterocycles. The number of likely N-dealkylation sites (tertiary alicyclic amines) is 2. The van der Waals surface area contributed by atoms with E-state index in [-0.39, 0.29) is 23.8 Å². The lowest BCUT2D eigenvalue weighted by Crippen LogP contribution is -2.61. The topological polar surface area (TPSA) is 49.9 Å². The first-order valence-electron chi connectivity index (χ1n) is 6.85. The molecular formula is C14H21N2O3. The highest BCUT2D eigenvalue weighted by molar-refractivity contribution is 6.07. The molecular weight excluding hydrogens is 244 g/mol. The van der Waals surface area contributed by atoms with Gasteiger partial charge in [-0.1, -0.05) is 6.92 Å². The van der Waals surface area contributed by atoms with Crippen molar-refractivity contribution >= 4 is 11.8 Å². The minimum absolute atomic E-state index is 0.0508. The number of fused-ring (bicyclic) bond motifs is 3. The minimum atomic E-state index is -0.608. The summed E-state index contributed by atoms with van der Waals surface area (Å²) in [6.45, 7) is 6.30. The van der Waals surface area contributed by atoms with Crippen LogP contribution in [0.2, 0.25) is 0 Å². The van der Waals surface area contributed by atoms with Crippen LogP contribution in [0.15, 0.2) is 0 Å². The van der Waals surface area contributed by atoms with Gasteiger partial charge in [-0.2, -0.15) is 0 Å². The number of imide groups is 1. The molecule has 1 radical (unpaired) electrons. The lowest BCUT2D eigenvalue weighted by Gasteiger charge is -2.49. The maximum atomic E-state index is 12.3. The van der Waals surface area contributed by atoms with Crippen molar-refractivity contribution in [3.8, 4) is 0 Å². The van der Waals surface area contributed by atoms with Crippen LogP contribution in [0.5, 0.6) is 0 Å². The van der Waals surface area contributed by atoms with Crippen LogP contribution in [0.1, 0.15) is 20.8 Å². The van der Waals surface area contributed by atoms with Gasteiger partial charge in [0.2, 0.25) is 5.91 Å². The van der Waals surface area contributed by atoms with E-state index in [9.17, 15) is 9.59 Å². The summed E-state index contributed by atoms with van der Waals surface area (Å²) in [7, 11) is 3.57. The summed E-state index contributed by atoms with van der Waals surface area (Å²) in [5, 5.41) is 0. The Labute approximate surface area is 113 Å². The summed E-state index contributed by atoms with van der Waals surface area (Å²) in [5.41, 5.74) is -0.511. The number of likely N-dealkylation sites (N-methyl/N-ethyl adjacent to an activating group) is 2. The van der Waals surface area contributed by atoms with Crippen molar-refractivity contribution in [1.29, 1.82) is 0 Å². The summed E-state index contributed by atoms with van der Waals surface area (Å²) in [5.74, 6) is -0.301. The second kappa shape index (κ2) is 3.79. The maximum absolute atomic E-state index is 12.3. The van der Waals surface area contributed by atoms with Crippen LogP contribution in [0.25, 0.3) is 0 Å². The van der Waals surface area contributed by atoms with E-state index in [0.29, 0.717) is 12.0 Å². The van der Waals surface area contributed by atoms with Gasteiger partial charge in [-0.15, -0.1) is 0 Å². The lowest BCUT2D eigenvalue weighted by atomic mass is 9.74. The van der Waals surface area contributed by atoms with Crippen molar-refractivity contribution in [3.63, 3.8) is 0 Å². The normalized spacial score (nSPS) is 50.6. The Morgan fingerprint density at radius 1 is 1.21 bits per heavy atom. The summed E-state index contributed by atoms with van der Waals surface area (Å²) >= 11 is 0. The number of carbonyl (C=O) groups is 2. The Balaban J connectivity index is 2.02. The molecule has 19 heavy (non-hydrogen) atoms. The van der Waals surface area contributed by atoms with Crippen LogP contribution < -0.4 is 0 Å². The lowest BCUT2D eigenvalue weighted by molar-refractivity contribution is -0.148. The molecule has 6 unspecified atom stereocenters. The largest absolute Gasteiger partial charge is 0.359 e. The van der Waals surface area contributed by atoms with Crippen molar-refractivity contribution in [3.05, 3.63) is 6.42 Å². The van der Waals surface area contributed by atoms with E-state index in [1.807, 2.05) is 14.0 Å². The van der Waals surface area contributed by atoms with Gasteiger partial charge in [0.15, 0.2) is 6.10 Å². The van der Waals surface area contributed by atoms with Crippen LogP contribution in [0.3, 0.4) is 0 Å². The molecule has 0 aliphatic carbocycles. The number of carbonyl (C=O) groups excluding carboxylic acids is 2. The van der Waals surface area contributed by atoms with Crippen molar-refractivity contribution in [2.24, 2.45) is 11.8 Å². The molecule has 3 saturated heterocycles. The number of piperidine rings is 1. The Hall–Kier alpha value is -0.940. The van der Waals surface area contributed by atoms with Crippen molar-refractivity contribution in [1.82, 2.24) is 9.80 Å². The molecule has 3 aliphatic rings. The predicted molar refractivity (Wildman–Crippen MR) is 69.0 cm³/mol. The summed E-state index contributed by atoms with van der Waals surface area (Å²) in [4.78, 5) is 27.8. The zero-order valence-corrected chi connectivity index (χ0v) is 12.1. The molecule has 0 aromatic rings. The summed E-state index contributed by atoms with van der Waals surface area (Å²) in [6, 6.07) is 0.291. The molecule has 6 atom stereocenters. The molecule has 0 aromatic heterocycles. The van der Waals surface area contributed by atoms with Gasteiger partial charge in [0, 0.05) is 13.1 Å². The molecule has 3 rings (SSSR count). The third-order valence-electron chi connectivity index (χ3n) is 5.26. The zero-order valence-electron chi connectivity index (χ0n) is 12.1. The van der Waals surface area contributed by atoms with Gasteiger partial charge in [0.1, 0.15) is 0 Å². The fourth-order valence-corrected chi connectivity index (χ4v) is 4.01. The fraction of sp³-hybridized carbons (Fsp3) is 0.786.